The zero-order chi connectivity index (χ0) is 17.4. The van der Waals surface area contributed by atoms with Gasteiger partial charge in [-0.2, -0.15) is 0 Å². The minimum atomic E-state index is -1.90. The smallest absolute Gasteiger partial charge is 0.322 e. The van der Waals surface area contributed by atoms with E-state index in [9.17, 15) is 4.79 Å². The predicted octanol–water partition coefficient (Wildman–Crippen LogP) is 5.67. The fourth-order valence-electron chi connectivity index (χ4n) is 2.03. The first kappa shape index (κ1) is 22.1. The summed E-state index contributed by atoms with van der Waals surface area (Å²) in [6, 6.07) is 0. The molecular formula is C17H35BrO3Si. The average molecular weight is 395 g/mol. The second-order valence-corrected chi connectivity index (χ2v) is 13.3. The molecule has 0 bridgehead atoms. The van der Waals surface area contributed by atoms with E-state index in [0.29, 0.717) is 0 Å². The summed E-state index contributed by atoms with van der Waals surface area (Å²) >= 11 is 3.49. The van der Waals surface area contributed by atoms with E-state index in [-0.39, 0.29) is 21.9 Å². The summed E-state index contributed by atoms with van der Waals surface area (Å²) in [6.45, 7) is 13.3. The van der Waals surface area contributed by atoms with Crippen molar-refractivity contribution in [1.29, 1.82) is 0 Å². The van der Waals surface area contributed by atoms with E-state index >= 15 is 0 Å². The Bertz CT molecular complexity index is 326. The third-order valence-electron chi connectivity index (χ3n) is 4.60. The molecule has 22 heavy (non-hydrogen) atoms. The van der Waals surface area contributed by atoms with Gasteiger partial charge in [-0.15, -0.1) is 0 Å². The molecule has 0 aromatic heterocycles. The lowest BCUT2D eigenvalue weighted by Crippen LogP contribution is -2.47. The molecule has 5 heteroatoms. The number of alkyl halides is 1. The minimum Gasteiger partial charge on any atom is -0.468 e. The van der Waals surface area contributed by atoms with Gasteiger partial charge in [-0.3, -0.25) is 4.79 Å². The van der Waals surface area contributed by atoms with Crippen molar-refractivity contribution in [2.24, 2.45) is 0 Å². The molecule has 0 heterocycles. The summed E-state index contributed by atoms with van der Waals surface area (Å²) in [6.07, 6.45) is 6.88. The standard InChI is InChI=1S/C17H35BrO3Si/c1-8-9-10-11-12-13-14(15(18)16(19)20-5)21-22(6,7)17(2,3)4/h14-15H,8-13H2,1-7H3/t14-,15-/m1/s1. The van der Waals surface area contributed by atoms with Crippen molar-refractivity contribution < 1.29 is 14.0 Å². The second kappa shape index (κ2) is 10.1. The molecule has 0 N–H and O–H groups in total. The molecule has 0 unspecified atom stereocenters. The number of ether oxygens (including phenoxy) is 1. The highest BCUT2D eigenvalue weighted by molar-refractivity contribution is 9.10. The topological polar surface area (TPSA) is 35.5 Å². The largest absolute Gasteiger partial charge is 0.468 e. The van der Waals surface area contributed by atoms with Crippen molar-refractivity contribution in [1.82, 2.24) is 0 Å². The quantitative estimate of drug-likeness (QED) is 0.207. The third-order valence-corrected chi connectivity index (χ3v) is 10.1. The van der Waals surface area contributed by atoms with Gasteiger partial charge >= 0.3 is 5.97 Å². The van der Waals surface area contributed by atoms with Crippen LogP contribution in [0, 0.1) is 0 Å². The van der Waals surface area contributed by atoms with E-state index in [2.05, 4.69) is 56.7 Å². The fourth-order valence-corrected chi connectivity index (χ4v) is 4.16. The van der Waals surface area contributed by atoms with Crippen LogP contribution in [0.4, 0.5) is 0 Å². The molecule has 0 aliphatic heterocycles. The molecule has 0 aliphatic rings. The first-order valence-corrected chi connectivity index (χ1v) is 12.3. The monoisotopic (exact) mass is 394 g/mol. The molecule has 0 aromatic rings. The Kier molecular flexibility index (Phi) is 10.1. The molecule has 0 saturated heterocycles. The number of carbonyl (C=O) groups excluding carboxylic acids is 1. The summed E-state index contributed by atoms with van der Waals surface area (Å²) in [5.41, 5.74) is 0. The van der Waals surface area contributed by atoms with E-state index in [1.807, 2.05) is 0 Å². The Balaban J connectivity index is 4.76. The van der Waals surface area contributed by atoms with Crippen LogP contribution in [0.25, 0.3) is 0 Å². The van der Waals surface area contributed by atoms with Gasteiger partial charge in [-0.25, -0.2) is 0 Å². The highest BCUT2D eigenvalue weighted by Crippen LogP contribution is 2.38. The maximum absolute atomic E-state index is 11.9. The highest BCUT2D eigenvalue weighted by atomic mass is 79.9. The Labute approximate surface area is 146 Å². The van der Waals surface area contributed by atoms with Crippen LogP contribution in [0.15, 0.2) is 0 Å². The summed E-state index contributed by atoms with van der Waals surface area (Å²) in [7, 11) is -0.471. The zero-order valence-electron chi connectivity index (χ0n) is 15.5. The van der Waals surface area contributed by atoms with E-state index in [0.717, 1.165) is 12.8 Å². The number of hydrogen-bond donors (Lipinski definition) is 0. The average Bonchev–Trinajstić information content (AvgIpc) is 2.42. The number of hydrogen-bond acceptors (Lipinski definition) is 3. The Morgan fingerprint density at radius 1 is 1.14 bits per heavy atom. The van der Waals surface area contributed by atoms with Crippen molar-refractivity contribution in [2.75, 3.05) is 7.11 Å². The van der Waals surface area contributed by atoms with Crippen molar-refractivity contribution in [3.8, 4) is 0 Å². The van der Waals surface area contributed by atoms with Crippen LogP contribution in [0.2, 0.25) is 18.1 Å². The van der Waals surface area contributed by atoms with E-state index in [4.69, 9.17) is 9.16 Å². The van der Waals surface area contributed by atoms with Crippen LogP contribution in [-0.2, 0) is 14.0 Å². The van der Waals surface area contributed by atoms with E-state index in [1.165, 1.54) is 32.8 Å². The van der Waals surface area contributed by atoms with Gasteiger partial charge in [0.2, 0.25) is 0 Å². The number of rotatable bonds is 10. The van der Waals surface area contributed by atoms with Gasteiger partial charge in [0.15, 0.2) is 8.32 Å². The van der Waals surface area contributed by atoms with Crippen molar-refractivity contribution in [3.05, 3.63) is 0 Å². The Morgan fingerprint density at radius 3 is 2.14 bits per heavy atom. The van der Waals surface area contributed by atoms with Crippen LogP contribution < -0.4 is 0 Å². The molecule has 0 saturated carbocycles. The van der Waals surface area contributed by atoms with Crippen LogP contribution in [0.5, 0.6) is 0 Å². The molecule has 132 valence electrons. The van der Waals surface area contributed by atoms with Crippen LogP contribution in [0.3, 0.4) is 0 Å². The SMILES string of the molecule is CCCCCCC[C@@H](O[Si](C)(C)C(C)(C)C)[C@@H](Br)C(=O)OC. The summed E-state index contributed by atoms with van der Waals surface area (Å²) in [5.74, 6) is -0.239. The normalized spacial score (nSPS) is 15.5. The number of methoxy groups -OCH3 is 1. The first-order valence-electron chi connectivity index (χ1n) is 8.46. The maximum Gasteiger partial charge on any atom is 0.322 e. The number of esters is 1. The molecule has 0 rings (SSSR count). The maximum atomic E-state index is 11.9. The summed E-state index contributed by atoms with van der Waals surface area (Å²) in [5, 5.41) is 0.135. The second-order valence-electron chi connectivity index (χ2n) is 7.54. The minimum absolute atomic E-state index is 0.102. The summed E-state index contributed by atoms with van der Waals surface area (Å²) in [4.78, 5) is 11.5. The number of halogens is 1. The van der Waals surface area contributed by atoms with Crippen molar-refractivity contribution >= 4 is 30.2 Å². The van der Waals surface area contributed by atoms with Crippen LogP contribution >= 0.6 is 15.9 Å². The van der Waals surface area contributed by atoms with Crippen molar-refractivity contribution in [2.45, 2.75) is 95.3 Å². The van der Waals surface area contributed by atoms with E-state index in [1.54, 1.807) is 0 Å². The lowest BCUT2D eigenvalue weighted by atomic mass is 10.1. The van der Waals surface area contributed by atoms with Crippen LogP contribution in [0.1, 0.15) is 66.2 Å². The van der Waals surface area contributed by atoms with Gasteiger partial charge in [-0.05, 0) is 24.6 Å². The zero-order valence-corrected chi connectivity index (χ0v) is 18.1. The lowest BCUT2D eigenvalue weighted by molar-refractivity contribution is -0.141. The van der Waals surface area contributed by atoms with Gasteiger partial charge in [0.25, 0.3) is 0 Å². The van der Waals surface area contributed by atoms with Gasteiger partial charge in [0.1, 0.15) is 4.83 Å². The molecule has 2 atom stereocenters. The Morgan fingerprint density at radius 2 is 1.68 bits per heavy atom. The number of unbranched alkanes of at least 4 members (excludes halogenated alkanes) is 4. The molecular weight excluding hydrogens is 360 g/mol. The Hall–Kier alpha value is 0.127. The van der Waals surface area contributed by atoms with Gasteiger partial charge < -0.3 is 9.16 Å². The first-order chi connectivity index (χ1) is 10.1. The molecule has 0 aliphatic carbocycles. The van der Waals surface area contributed by atoms with Gasteiger partial charge in [0, 0.05) is 0 Å². The lowest BCUT2D eigenvalue weighted by Gasteiger charge is -2.40. The molecule has 0 spiro atoms. The highest BCUT2D eigenvalue weighted by Gasteiger charge is 2.41. The fraction of sp³-hybridized carbons (Fsp3) is 0.941. The van der Waals surface area contributed by atoms with E-state index < -0.39 is 8.32 Å². The molecule has 0 radical (unpaired) electrons. The molecule has 3 nitrogen and oxygen atoms in total. The molecule has 0 aromatic carbocycles. The summed E-state index contributed by atoms with van der Waals surface area (Å²) < 4.78 is 11.4. The molecule has 0 fully saturated rings. The van der Waals surface area contributed by atoms with Gasteiger partial charge in [0.05, 0.1) is 13.2 Å². The number of carbonyl (C=O) groups is 1. The predicted molar refractivity (Wildman–Crippen MR) is 100 cm³/mol. The third kappa shape index (κ3) is 7.60. The van der Waals surface area contributed by atoms with Crippen molar-refractivity contribution in [3.63, 3.8) is 0 Å². The van der Waals surface area contributed by atoms with Crippen LogP contribution in [-0.4, -0.2) is 32.3 Å². The molecule has 0 amide bonds. The van der Waals surface area contributed by atoms with Gasteiger partial charge in [-0.1, -0.05) is 75.7 Å².